The van der Waals surface area contributed by atoms with E-state index in [4.69, 9.17) is 4.74 Å². The van der Waals surface area contributed by atoms with E-state index in [9.17, 15) is 13.2 Å². The van der Waals surface area contributed by atoms with Gasteiger partial charge < -0.3 is 9.30 Å². The Morgan fingerprint density at radius 3 is 2.00 bits per heavy atom. The van der Waals surface area contributed by atoms with Crippen LogP contribution >= 0.6 is 0 Å². The standard InChI is InChI=1S/C8H9F3N2O.2C2H6/c1-5-12-7(8(9,10)11)2-13(5)6-3-14-4-6;2*1-2/h2,6H,3-4H2,1H3;2*1-2H3. The monoisotopic (exact) mass is 266 g/mol. The zero-order valence-electron chi connectivity index (χ0n) is 11.5. The van der Waals surface area contributed by atoms with E-state index in [1.165, 1.54) is 4.57 Å². The van der Waals surface area contributed by atoms with Crippen LogP contribution < -0.4 is 0 Å². The Kier molecular flexibility index (Phi) is 6.98. The Morgan fingerprint density at radius 1 is 1.22 bits per heavy atom. The summed E-state index contributed by atoms with van der Waals surface area (Å²) in [6.07, 6.45) is -3.32. The summed E-state index contributed by atoms with van der Waals surface area (Å²) in [5, 5.41) is 0. The maximum absolute atomic E-state index is 12.3. The van der Waals surface area contributed by atoms with Gasteiger partial charge in [-0.25, -0.2) is 4.98 Å². The molecule has 0 radical (unpaired) electrons. The third kappa shape index (κ3) is 4.01. The fourth-order valence-electron chi connectivity index (χ4n) is 1.38. The fraction of sp³-hybridized carbons (Fsp3) is 0.750. The van der Waals surface area contributed by atoms with Gasteiger partial charge in [0.05, 0.1) is 19.3 Å². The van der Waals surface area contributed by atoms with E-state index in [1.54, 1.807) is 6.92 Å². The second-order valence-corrected chi connectivity index (χ2v) is 3.27. The Hall–Kier alpha value is -1.04. The Morgan fingerprint density at radius 2 is 1.72 bits per heavy atom. The molecule has 0 unspecified atom stereocenters. The average Bonchev–Trinajstić information content (AvgIpc) is 2.64. The van der Waals surface area contributed by atoms with E-state index in [1.807, 2.05) is 27.7 Å². The Bertz CT molecular complexity index is 344. The van der Waals surface area contributed by atoms with Gasteiger partial charge in [0.1, 0.15) is 5.82 Å². The van der Waals surface area contributed by atoms with Crippen LogP contribution in [0, 0.1) is 6.92 Å². The highest BCUT2D eigenvalue weighted by Crippen LogP contribution is 2.30. The lowest BCUT2D eigenvalue weighted by Gasteiger charge is -2.27. The quantitative estimate of drug-likeness (QED) is 0.772. The molecule has 0 bridgehead atoms. The maximum Gasteiger partial charge on any atom is 0.434 e. The molecule has 2 rings (SSSR count). The first-order valence-electron chi connectivity index (χ1n) is 6.19. The molecule has 1 aliphatic rings. The van der Waals surface area contributed by atoms with Gasteiger partial charge >= 0.3 is 6.18 Å². The van der Waals surface area contributed by atoms with E-state index < -0.39 is 11.9 Å². The highest BCUT2D eigenvalue weighted by atomic mass is 19.4. The molecule has 1 saturated heterocycles. The van der Waals surface area contributed by atoms with E-state index in [2.05, 4.69) is 4.98 Å². The molecule has 18 heavy (non-hydrogen) atoms. The summed E-state index contributed by atoms with van der Waals surface area (Å²) in [6.45, 7) is 10.5. The van der Waals surface area contributed by atoms with Crippen molar-refractivity contribution >= 4 is 0 Å². The van der Waals surface area contributed by atoms with Gasteiger partial charge in [0.2, 0.25) is 0 Å². The normalized spacial score (nSPS) is 14.9. The van der Waals surface area contributed by atoms with Crippen LogP contribution in [0.2, 0.25) is 0 Å². The third-order valence-electron chi connectivity index (χ3n) is 2.22. The predicted molar refractivity (Wildman–Crippen MR) is 64.5 cm³/mol. The van der Waals surface area contributed by atoms with Gasteiger partial charge in [-0.1, -0.05) is 27.7 Å². The molecule has 1 aromatic heterocycles. The van der Waals surface area contributed by atoms with Gasteiger partial charge in [-0.3, -0.25) is 0 Å². The number of rotatable bonds is 1. The average molecular weight is 266 g/mol. The zero-order valence-corrected chi connectivity index (χ0v) is 11.5. The molecule has 1 fully saturated rings. The lowest BCUT2D eigenvalue weighted by Crippen LogP contribution is -2.30. The van der Waals surface area contributed by atoms with E-state index >= 15 is 0 Å². The third-order valence-corrected chi connectivity index (χ3v) is 2.22. The van der Waals surface area contributed by atoms with Crippen LogP contribution in [0.25, 0.3) is 0 Å². The zero-order chi connectivity index (χ0) is 14.3. The number of hydrogen-bond acceptors (Lipinski definition) is 2. The van der Waals surface area contributed by atoms with Crippen LogP contribution in [0.1, 0.15) is 45.3 Å². The minimum atomic E-state index is -4.36. The van der Waals surface area contributed by atoms with Crippen LogP contribution in [0.5, 0.6) is 0 Å². The maximum atomic E-state index is 12.3. The predicted octanol–water partition coefficient (Wildman–Crippen LogP) is 3.83. The minimum Gasteiger partial charge on any atom is -0.377 e. The first kappa shape index (κ1) is 17.0. The van der Waals surface area contributed by atoms with Crippen molar-refractivity contribution in [3.63, 3.8) is 0 Å². The van der Waals surface area contributed by atoms with Crippen LogP contribution in [0.15, 0.2) is 6.20 Å². The molecule has 1 aliphatic heterocycles. The SMILES string of the molecule is CC.CC.Cc1nc(C(F)(F)F)cn1C1COC1. The summed E-state index contributed by atoms with van der Waals surface area (Å²) in [5.74, 6) is 0.380. The number of imidazole rings is 1. The number of nitrogens with zero attached hydrogens (tertiary/aromatic N) is 2. The molecular formula is C12H21F3N2O. The number of aryl methyl sites for hydroxylation is 1. The summed E-state index contributed by atoms with van der Waals surface area (Å²) in [4.78, 5) is 3.47. The number of halogens is 3. The number of ether oxygens (including phenoxy) is 1. The fourth-order valence-corrected chi connectivity index (χ4v) is 1.38. The van der Waals surface area contributed by atoms with Crippen molar-refractivity contribution in [2.24, 2.45) is 0 Å². The van der Waals surface area contributed by atoms with E-state index in [-0.39, 0.29) is 6.04 Å². The molecule has 106 valence electrons. The van der Waals surface area contributed by atoms with Gasteiger partial charge in [-0.05, 0) is 6.92 Å². The number of aromatic nitrogens is 2. The van der Waals surface area contributed by atoms with Crippen molar-refractivity contribution < 1.29 is 17.9 Å². The molecular weight excluding hydrogens is 245 g/mol. The summed E-state index contributed by atoms with van der Waals surface area (Å²) >= 11 is 0. The first-order chi connectivity index (χ1) is 8.48. The Labute approximate surface area is 106 Å². The van der Waals surface area contributed by atoms with Crippen molar-refractivity contribution in [2.45, 2.75) is 46.8 Å². The molecule has 0 N–H and O–H groups in total. The van der Waals surface area contributed by atoms with Crippen LogP contribution in [0.3, 0.4) is 0 Å². The van der Waals surface area contributed by atoms with Gasteiger partial charge in [0.15, 0.2) is 5.69 Å². The lowest BCUT2D eigenvalue weighted by molar-refractivity contribution is -0.141. The molecule has 3 nitrogen and oxygen atoms in total. The number of hydrogen-bond donors (Lipinski definition) is 0. The van der Waals surface area contributed by atoms with Gasteiger partial charge in [0.25, 0.3) is 0 Å². The molecule has 0 amide bonds. The summed E-state index contributed by atoms with van der Waals surface area (Å²) in [6, 6.07) is 0.0126. The topological polar surface area (TPSA) is 27.1 Å². The van der Waals surface area contributed by atoms with Crippen LogP contribution in [-0.2, 0) is 10.9 Å². The van der Waals surface area contributed by atoms with Crippen molar-refractivity contribution in [3.8, 4) is 0 Å². The minimum absolute atomic E-state index is 0.0126. The Balaban J connectivity index is 0.000000659. The molecule has 2 heterocycles. The summed E-state index contributed by atoms with van der Waals surface area (Å²) in [5.41, 5.74) is -0.832. The smallest absolute Gasteiger partial charge is 0.377 e. The largest absolute Gasteiger partial charge is 0.434 e. The molecule has 0 spiro atoms. The second kappa shape index (κ2) is 7.41. The van der Waals surface area contributed by atoms with Crippen molar-refractivity contribution in [1.82, 2.24) is 9.55 Å². The molecule has 1 aromatic rings. The van der Waals surface area contributed by atoms with Crippen molar-refractivity contribution in [2.75, 3.05) is 13.2 Å². The van der Waals surface area contributed by atoms with Crippen LogP contribution in [0.4, 0.5) is 13.2 Å². The molecule has 0 atom stereocenters. The lowest BCUT2D eigenvalue weighted by atomic mass is 10.2. The van der Waals surface area contributed by atoms with E-state index in [0.29, 0.717) is 19.0 Å². The molecule has 6 heteroatoms. The van der Waals surface area contributed by atoms with Crippen molar-refractivity contribution in [3.05, 3.63) is 17.7 Å². The second-order valence-electron chi connectivity index (χ2n) is 3.27. The molecule has 0 saturated carbocycles. The summed E-state index contributed by atoms with van der Waals surface area (Å²) < 4.78 is 43.2. The number of alkyl halides is 3. The molecule has 0 aliphatic carbocycles. The van der Waals surface area contributed by atoms with Crippen LogP contribution in [-0.4, -0.2) is 22.8 Å². The van der Waals surface area contributed by atoms with Gasteiger partial charge in [-0.2, -0.15) is 13.2 Å². The highest BCUT2D eigenvalue weighted by Gasteiger charge is 2.35. The van der Waals surface area contributed by atoms with Crippen molar-refractivity contribution in [1.29, 1.82) is 0 Å². The van der Waals surface area contributed by atoms with E-state index in [0.717, 1.165) is 6.20 Å². The first-order valence-corrected chi connectivity index (χ1v) is 6.19. The molecule has 0 aromatic carbocycles. The highest BCUT2D eigenvalue weighted by molar-refractivity contribution is 5.08. The summed E-state index contributed by atoms with van der Waals surface area (Å²) in [7, 11) is 0. The van der Waals surface area contributed by atoms with Gasteiger partial charge in [-0.15, -0.1) is 0 Å². The van der Waals surface area contributed by atoms with Gasteiger partial charge in [0, 0.05) is 6.20 Å².